The van der Waals surface area contributed by atoms with Crippen LogP contribution in [0.2, 0.25) is 0 Å². The van der Waals surface area contributed by atoms with Crippen LogP contribution in [0.15, 0.2) is 0 Å². The molecular weight excluding hydrogens is 212 g/mol. The van der Waals surface area contributed by atoms with Crippen molar-refractivity contribution in [1.29, 1.82) is 0 Å². The molecule has 3 heteroatoms. The lowest BCUT2D eigenvalue weighted by Gasteiger charge is -2.34. The van der Waals surface area contributed by atoms with E-state index in [-0.39, 0.29) is 16.7 Å². The van der Waals surface area contributed by atoms with Gasteiger partial charge in [0, 0.05) is 19.5 Å². The van der Waals surface area contributed by atoms with Gasteiger partial charge >= 0.3 is 0 Å². The second kappa shape index (κ2) is 5.85. The Morgan fingerprint density at radius 1 is 1.41 bits per heavy atom. The van der Waals surface area contributed by atoms with Gasteiger partial charge in [0.25, 0.3) is 0 Å². The number of amides is 1. The van der Waals surface area contributed by atoms with Gasteiger partial charge in [-0.05, 0) is 36.6 Å². The van der Waals surface area contributed by atoms with E-state index in [1.165, 1.54) is 12.8 Å². The predicted octanol–water partition coefficient (Wildman–Crippen LogP) is 2.32. The Morgan fingerprint density at radius 3 is 2.65 bits per heavy atom. The van der Waals surface area contributed by atoms with E-state index >= 15 is 0 Å². The molecule has 2 N–H and O–H groups in total. The van der Waals surface area contributed by atoms with Gasteiger partial charge in [-0.1, -0.05) is 27.7 Å². The van der Waals surface area contributed by atoms with Crippen LogP contribution in [-0.4, -0.2) is 25.5 Å². The lowest BCUT2D eigenvalue weighted by molar-refractivity contribution is -0.122. The van der Waals surface area contributed by atoms with Gasteiger partial charge in [0.15, 0.2) is 0 Å². The Morgan fingerprint density at radius 2 is 2.12 bits per heavy atom. The summed E-state index contributed by atoms with van der Waals surface area (Å²) in [6, 6.07) is 0. The van der Waals surface area contributed by atoms with Crippen LogP contribution in [0.1, 0.15) is 53.4 Å². The van der Waals surface area contributed by atoms with E-state index in [2.05, 4.69) is 38.3 Å². The van der Waals surface area contributed by atoms with Crippen molar-refractivity contribution in [3.8, 4) is 0 Å². The first-order valence-corrected chi connectivity index (χ1v) is 6.78. The third-order valence-corrected chi connectivity index (χ3v) is 3.50. The molecule has 0 aromatic heterocycles. The number of rotatable bonds is 4. The van der Waals surface area contributed by atoms with Crippen LogP contribution >= 0.6 is 0 Å². The minimum Gasteiger partial charge on any atom is -0.356 e. The highest BCUT2D eigenvalue weighted by molar-refractivity contribution is 5.75. The maximum Gasteiger partial charge on any atom is 0.220 e. The van der Waals surface area contributed by atoms with E-state index in [4.69, 9.17) is 0 Å². The molecule has 1 amide bonds. The average Bonchev–Trinajstić information content (AvgIpc) is 2.24. The molecule has 1 heterocycles. The molecule has 1 unspecified atom stereocenters. The van der Waals surface area contributed by atoms with E-state index in [1.54, 1.807) is 0 Å². The Labute approximate surface area is 106 Å². The van der Waals surface area contributed by atoms with Crippen molar-refractivity contribution in [2.24, 2.45) is 10.8 Å². The minimum absolute atomic E-state index is 0.201. The van der Waals surface area contributed by atoms with Gasteiger partial charge in [0.2, 0.25) is 5.91 Å². The maximum atomic E-state index is 11.7. The van der Waals surface area contributed by atoms with Gasteiger partial charge in [0.05, 0.1) is 0 Å². The van der Waals surface area contributed by atoms with Crippen molar-refractivity contribution in [3.63, 3.8) is 0 Å². The molecule has 1 saturated heterocycles. The third kappa shape index (κ3) is 6.06. The highest BCUT2D eigenvalue weighted by atomic mass is 16.1. The molecule has 0 aromatic carbocycles. The zero-order valence-electron chi connectivity index (χ0n) is 11.9. The number of carbonyl (C=O) groups excluding carboxylic acids is 1. The molecule has 0 aromatic rings. The zero-order valence-corrected chi connectivity index (χ0v) is 11.9. The molecule has 17 heavy (non-hydrogen) atoms. The third-order valence-electron chi connectivity index (χ3n) is 3.50. The molecule has 0 radical (unpaired) electrons. The summed E-state index contributed by atoms with van der Waals surface area (Å²) in [4.78, 5) is 11.7. The normalized spacial score (nSPS) is 25.6. The smallest absolute Gasteiger partial charge is 0.220 e. The summed E-state index contributed by atoms with van der Waals surface area (Å²) < 4.78 is 0. The van der Waals surface area contributed by atoms with Crippen LogP contribution in [0.25, 0.3) is 0 Å². The van der Waals surface area contributed by atoms with Crippen molar-refractivity contribution in [2.45, 2.75) is 53.4 Å². The molecule has 100 valence electrons. The van der Waals surface area contributed by atoms with Crippen molar-refractivity contribution in [2.75, 3.05) is 19.6 Å². The van der Waals surface area contributed by atoms with E-state index < -0.39 is 0 Å². The fraction of sp³-hybridized carbons (Fsp3) is 0.929. The second-order valence-corrected chi connectivity index (χ2v) is 6.93. The number of hydrogen-bond donors (Lipinski definition) is 2. The molecule has 0 saturated carbocycles. The largest absolute Gasteiger partial charge is 0.356 e. The van der Waals surface area contributed by atoms with Crippen LogP contribution in [0.3, 0.4) is 0 Å². The van der Waals surface area contributed by atoms with E-state index in [0.29, 0.717) is 6.42 Å². The van der Waals surface area contributed by atoms with Crippen LogP contribution in [0.4, 0.5) is 0 Å². The molecule has 1 aliphatic rings. The van der Waals surface area contributed by atoms with Gasteiger partial charge in [0.1, 0.15) is 0 Å². The van der Waals surface area contributed by atoms with Gasteiger partial charge < -0.3 is 10.6 Å². The van der Waals surface area contributed by atoms with Crippen molar-refractivity contribution < 1.29 is 4.79 Å². The minimum atomic E-state index is 0.201. The lowest BCUT2D eigenvalue weighted by atomic mass is 9.82. The topological polar surface area (TPSA) is 41.1 Å². The van der Waals surface area contributed by atoms with Gasteiger partial charge in [-0.2, -0.15) is 0 Å². The summed E-state index contributed by atoms with van der Waals surface area (Å²) in [6.45, 7) is 11.7. The maximum absolute atomic E-state index is 11.7. The van der Waals surface area contributed by atoms with Crippen LogP contribution in [-0.2, 0) is 4.79 Å². The summed E-state index contributed by atoms with van der Waals surface area (Å²) in [5.41, 5.74) is 0.489. The first-order valence-electron chi connectivity index (χ1n) is 6.78. The van der Waals surface area contributed by atoms with Gasteiger partial charge in [-0.3, -0.25) is 4.79 Å². The number of nitrogens with one attached hydrogen (secondary N) is 2. The van der Waals surface area contributed by atoms with Crippen LogP contribution < -0.4 is 10.6 Å². The summed E-state index contributed by atoms with van der Waals surface area (Å²) in [5.74, 6) is 0.201. The molecule has 3 nitrogen and oxygen atoms in total. The molecule has 0 aliphatic carbocycles. The summed E-state index contributed by atoms with van der Waals surface area (Å²) in [6.07, 6.45) is 4.02. The van der Waals surface area contributed by atoms with Gasteiger partial charge in [-0.15, -0.1) is 0 Å². The Hall–Kier alpha value is -0.570. The average molecular weight is 240 g/mol. The first-order chi connectivity index (χ1) is 7.81. The first kappa shape index (κ1) is 14.5. The van der Waals surface area contributed by atoms with Crippen molar-refractivity contribution >= 4 is 5.91 Å². The number of hydrogen-bond acceptors (Lipinski definition) is 2. The molecule has 1 rings (SSSR count). The highest BCUT2D eigenvalue weighted by Gasteiger charge is 2.27. The molecule has 0 spiro atoms. The Balaban J connectivity index is 2.23. The number of piperidine rings is 1. The van der Waals surface area contributed by atoms with Crippen LogP contribution in [0.5, 0.6) is 0 Å². The Bertz CT molecular complexity index is 249. The van der Waals surface area contributed by atoms with Gasteiger partial charge in [-0.25, -0.2) is 0 Å². The van der Waals surface area contributed by atoms with Crippen molar-refractivity contribution in [1.82, 2.24) is 10.6 Å². The molecule has 1 fully saturated rings. The second-order valence-electron chi connectivity index (χ2n) is 6.93. The van der Waals surface area contributed by atoms with E-state index in [9.17, 15) is 4.79 Å². The Kier molecular flexibility index (Phi) is 4.99. The SMILES string of the molecule is CC(C)(C)CCC(=O)NCC1(C)CCCNC1. The summed E-state index contributed by atoms with van der Waals surface area (Å²) >= 11 is 0. The molecule has 0 bridgehead atoms. The molecular formula is C14H28N2O. The van der Waals surface area contributed by atoms with E-state index in [0.717, 1.165) is 26.1 Å². The highest BCUT2D eigenvalue weighted by Crippen LogP contribution is 2.24. The lowest BCUT2D eigenvalue weighted by Crippen LogP contribution is -2.45. The number of carbonyl (C=O) groups is 1. The monoisotopic (exact) mass is 240 g/mol. The van der Waals surface area contributed by atoms with E-state index in [1.807, 2.05) is 0 Å². The molecule has 1 aliphatic heterocycles. The summed E-state index contributed by atoms with van der Waals surface area (Å²) in [5, 5.41) is 6.49. The fourth-order valence-electron chi connectivity index (χ4n) is 2.16. The predicted molar refractivity (Wildman–Crippen MR) is 71.9 cm³/mol. The quantitative estimate of drug-likeness (QED) is 0.792. The standard InChI is InChI=1S/C14H28N2O/c1-13(2,3)8-6-12(17)16-11-14(4)7-5-9-15-10-14/h15H,5-11H2,1-4H3,(H,16,17). The fourth-order valence-corrected chi connectivity index (χ4v) is 2.16. The van der Waals surface area contributed by atoms with Crippen LogP contribution in [0, 0.1) is 10.8 Å². The zero-order chi connectivity index (χ0) is 12.9. The van der Waals surface area contributed by atoms with Crippen molar-refractivity contribution in [3.05, 3.63) is 0 Å². The summed E-state index contributed by atoms with van der Waals surface area (Å²) in [7, 11) is 0. The molecule has 1 atom stereocenters.